The van der Waals surface area contributed by atoms with Crippen molar-refractivity contribution in [3.8, 4) is 11.1 Å². The summed E-state index contributed by atoms with van der Waals surface area (Å²) in [4.78, 5) is 0. The molecule has 0 atom stereocenters. The minimum absolute atomic E-state index is 0.0490. The summed E-state index contributed by atoms with van der Waals surface area (Å²) in [5, 5.41) is 10.4. The Bertz CT molecular complexity index is 612. The van der Waals surface area contributed by atoms with Gasteiger partial charge in [0.25, 0.3) is 0 Å². The average molecular weight is 293 g/mol. The van der Waals surface area contributed by atoms with Gasteiger partial charge in [-0.15, -0.1) is 0 Å². The predicted molar refractivity (Wildman–Crippen MR) is 79.8 cm³/mol. The number of aliphatic hydroxyl groups excluding tert-OH is 1. The fourth-order valence-corrected chi connectivity index (χ4v) is 3.56. The molecule has 1 aliphatic carbocycles. The highest BCUT2D eigenvalue weighted by Crippen LogP contribution is 2.40. The molecule has 0 spiro atoms. The van der Waals surface area contributed by atoms with E-state index in [9.17, 15) is 5.11 Å². The molecule has 0 amide bonds. The summed E-state index contributed by atoms with van der Waals surface area (Å²) in [6.45, 7) is -0.0490. The molecule has 0 fully saturated rings. The maximum atomic E-state index is 9.19. The van der Waals surface area contributed by atoms with E-state index in [2.05, 4.69) is 18.2 Å². The number of hydrogen-bond acceptors (Lipinski definition) is 1. The van der Waals surface area contributed by atoms with Crippen LogP contribution in [0.25, 0.3) is 11.1 Å². The van der Waals surface area contributed by atoms with Gasteiger partial charge in [-0.1, -0.05) is 41.4 Å². The standard InChI is InChI=1S/C16H14Cl2O/c17-14-7-10(9-19)8-15(18)16(14)13-6-2-4-11-3-1-5-12(11)13/h2,4,6-8,19H,1,3,5,9H2. The van der Waals surface area contributed by atoms with Crippen molar-refractivity contribution in [3.63, 3.8) is 0 Å². The zero-order chi connectivity index (χ0) is 13.4. The smallest absolute Gasteiger partial charge is 0.0682 e. The average Bonchev–Trinajstić information content (AvgIpc) is 2.86. The third kappa shape index (κ3) is 2.27. The fraction of sp³-hybridized carbons (Fsp3) is 0.250. The van der Waals surface area contributed by atoms with Gasteiger partial charge < -0.3 is 5.11 Å². The molecule has 19 heavy (non-hydrogen) atoms. The highest BCUT2D eigenvalue weighted by Gasteiger charge is 2.19. The van der Waals surface area contributed by atoms with E-state index in [-0.39, 0.29) is 6.61 Å². The topological polar surface area (TPSA) is 20.2 Å². The lowest BCUT2D eigenvalue weighted by molar-refractivity contribution is 0.282. The van der Waals surface area contributed by atoms with Crippen LogP contribution in [0, 0.1) is 0 Å². The predicted octanol–water partition coefficient (Wildman–Crippen LogP) is 4.64. The van der Waals surface area contributed by atoms with Crippen LogP contribution < -0.4 is 0 Å². The Kier molecular flexibility index (Phi) is 3.53. The van der Waals surface area contributed by atoms with Crippen LogP contribution in [0.3, 0.4) is 0 Å². The quantitative estimate of drug-likeness (QED) is 0.855. The fourth-order valence-electron chi connectivity index (χ4n) is 2.83. The molecule has 3 heteroatoms. The van der Waals surface area contributed by atoms with Crippen LogP contribution in [0.1, 0.15) is 23.1 Å². The van der Waals surface area contributed by atoms with E-state index in [1.165, 1.54) is 17.5 Å². The Morgan fingerprint density at radius 1 is 1.05 bits per heavy atom. The normalized spacial score (nSPS) is 13.6. The van der Waals surface area contributed by atoms with E-state index in [4.69, 9.17) is 23.2 Å². The second-order valence-corrected chi connectivity index (χ2v) is 5.70. The lowest BCUT2D eigenvalue weighted by Gasteiger charge is -2.13. The van der Waals surface area contributed by atoms with E-state index in [0.717, 1.165) is 29.5 Å². The van der Waals surface area contributed by atoms with Gasteiger partial charge in [-0.3, -0.25) is 0 Å². The lowest BCUT2D eigenvalue weighted by atomic mass is 9.96. The highest BCUT2D eigenvalue weighted by molar-refractivity contribution is 6.39. The number of aliphatic hydroxyl groups is 1. The molecule has 0 radical (unpaired) electrons. The van der Waals surface area contributed by atoms with Crippen LogP contribution in [0.2, 0.25) is 10.0 Å². The van der Waals surface area contributed by atoms with Crippen molar-refractivity contribution in [2.45, 2.75) is 25.9 Å². The van der Waals surface area contributed by atoms with Crippen molar-refractivity contribution in [2.24, 2.45) is 0 Å². The van der Waals surface area contributed by atoms with E-state index < -0.39 is 0 Å². The number of fused-ring (bicyclic) bond motifs is 1. The summed E-state index contributed by atoms with van der Waals surface area (Å²) in [5.74, 6) is 0. The Morgan fingerprint density at radius 3 is 2.47 bits per heavy atom. The number of aryl methyl sites for hydroxylation is 1. The Balaban J connectivity index is 2.21. The van der Waals surface area contributed by atoms with Crippen molar-refractivity contribution >= 4 is 23.2 Å². The molecule has 0 aromatic heterocycles. The van der Waals surface area contributed by atoms with Gasteiger partial charge in [0.2, 0.25) is 0 Å². The summed E-state index contributed by atoms with van der Waals surface area (Å²) >= 11 is 12.7. The molecule has 0 unspecified atom stereocenters. The molecule has 0 saturated heterocycles. The van der Waals surface area contributed by atoms with Gasteiger partial charge in [-0.25, -0.2) is 0 Å². The number of halogens is 2. The van der Waals surface area contributed by atoms with Crippen molar-refractivity contribution < 1.29 is 5.11 Å². The van der Waals surface area contributed by atoms with Crippen LogP contribution in [0.4, 0.5) is 0 Å². The van der Waals surface area contributed by atoms with Crippen LogP contribution in [0.15, 0.2) is 30.3 Å². The highest BCUT2D eigenvalue weighted by atomic mass is 35.5. The van der Waals surface area contributed by atoms with Gasteiger partial charge >= 0.3 is 0 Å². The zero-order valence-corrected chi connectivity index (χ0v) is 11.9. The van der Waals surface area contributed by atoms with E-state index in [1.54, 1.807) is 12.1 Å². The third-order valence-corrected chi connectivity index (χ3v) is 4.30. The van der Waals surface area contributed by atoms with Crippen molar-refractivity contribution in [1.29, 1.82) is 0 Å². The molecule has 3 rings (SSSR count). The Labute approximate surface area is 122 Å². The Hall–Kier alpha value is -1.02. The van der Waals surface area contributed by atoms with E-state index in [1.807, 2.05) is 0 Å². The van der Waals surface area contributed by atoms with Crippen LogP contribution in [-0.4, -0.2) is 5.11 Å². The van der Waals surface area contributed by atoms with Gasteiger partial charge in [-0.05, 0) is 53.6 Å². The number of hydrogen-bond donors (Lipinski definition) is 1. The first-order valence-electron chi connectivity index (χ1n) is 6.40. The van der Waals surface area contributed by atoms with Crippen LogP contribution in [-0.2, 0) is 19.4 Å². The maximum Gasteiger partial charge on any atom is 0.0682 e. The summed E-state index contributed by atoms with van der Waals surface area (Å²) in [6.07, 6.45) is 3.41. The maximum absolute atomic E-state index is 9.19. The number of benzene rings is 2. The Morgan fingerprint density at radius 2 is 1.79 bits per heavy atom. The van der Waals surface area contributed by atoms with Crippen LogP contribution in [0.5, 0.6) is 0 Å². The van der Waals surface area contributed by atoms with E-state index in [0.29, 0.717) is 10.0 Å². The van der Waals surface area contributed by atoms with Crippen molar-refractivity contribution in [1.82, 2.24) is 0 Å². The first kappa shape index (κ1) is 13.0. The number of rotatable bonds is 2. The van der Waals surface area contributed by atoms with Gasteiger partial charge in [0, 0.05) is 5.56 Å². The van der Waals surface area contributed by atoms with Gasteiger partial charge in [0.1, 0.15) is 0 Å². The van der Waals surface area contributed by atoms with Gasteiger partial charge in [0.15, 0.2) is 0 Å². The van der Waals surface area contributed by atoms with Crippen molar-refractivity contribution in [3.05, 3.63) is 57.1 Å². The molecule has 0 bridgehead atoms. The molecule has 0 heterocycles. The van der Waals surface area contributed by atoms with Gasteiger partial charge in [-0.2, -0.15) is 0 Å². The zero-order valence-electron chi connectivity index (χ0n) is 10.4. The molecule has 2 aromatic rings. The van der Waals surface area contributed by atoms with Gasteiger partial charge in [0.05, 0.1) is 16.7 Å². The minimum atomic E-state index is -0.0490. The first-order chi connectivity index (χ1) is 9.20. The SMILES string of the molecule is OCc1cc(Cl)c(-c2cccc3c2CCC3)c(Cl)c1. The third-order valence-electron chi connectivity index (χ3n) is 3.70. The summed E-state index contributed by atoms with van der Waals surface area (Å²) in [6, 6.07) is 9.89. The largest absolute Gasteiger partial charge is 0.392 e. The molecular weight excluding hydrogens is 279 g/mol. The molecule has 1 N–H and O–H groups in total. The molecule has 98 valence electrons. The summed E-state index contributed by atoms with van der Waals surface area (Å²) < 4.78 is 0. The molecule has 1 nitrogen and oxygen atoms in total. The molecular formula is C16H14Cl2O. The molecule has 0 aliphatic heterocycles. The second-order valence-electron chi connectivity index (χ2n) is 4.89. The monoisotopic (exact) mass is 292 g/mol. The van der Waals surface area contributed by atoms with Crippen molar-refractivity contribution in [2.75, 3.05) is 0 Å². The summed E-state index contributed by atoms with van der Waals surface area (Å²) in [5.41, 5.74) is 5.53. The second kappa shape index (κ2) is 5.16. The molecule has 1 aliphatic rings. The molecule has 2 aromatic carbocycles. The lowest BCUT2D eigenvalue weighted by Crippen LogP contribution is -1.92. The first-order valence-corrected chi connectivity index (χ1v) is 7.16. The molecule has 0 saturated carbocycles. The van der Waals surface area contributed by atoms with Crippen LogP contribution >= 0.6 is 23.2 Å². The minimum Gasteiger partial charge on any atom is -0.392 e. The van der Waals surface area contributed by atoms with E-state index >= 15 is 0 Å². The summed E-state index contributed by atoms with van der Waals surface area (Å²) in [7, 11) is 0.